The van der Waals surface area contributed by atoms with Gasteiger partial charge >= 0.3 is 0 Å². The molecule has 0 aromatic heterocycles. The Morgan fingerprint density at radius 1 is 1.71 bits per heavy atom. The summed E-state index contributed by atoms with van der Waals surface area (Å²) in [5, 5.41) is 7.76. The average molecular weight is 125 g/mol. The van der Waals surface area contributed by atoms with Crippen LogP contribution in [0.4, 0.5) is 0 Å². The van der Waals surface area contributed by atoms with E-state index in [0.717, 1.165) is 4.89 Å². The van der Waals surface area contributed by atoms with E-state index in [1.807, 2.05) is 0 Å². The molecule has 5 heteroatoms. The molecule has 0 aliphatic heterocycles. The Labute approximate surface area is 42.2 Å². The van der Waals surface area contributed by atoms with Crippen molar-refractivity contribution in [1.82, 2.24) is 4.89 Å². The Morgan fingerprint density at radius 3 is 2.14 bits per heavy atom. The predicted octanol–water partition coefficient (Wildman–Crippen LogP) is -0.685. The normalized spacial score (nSPS) is 11.7. The highest BCUT2D eigenvalue weighted by Gasteiger charge is 1.99. The SMILES string of the molecule is CCS(=O)(=O)NO. The maximum absolute atomic E-state index is 10.0. The molecule has 0 aliphatic carbocycles. The van der Waals surface area contributed by atoms with E-state index in [0.29, 0.717) is 0 Å². The molecule has 0 saturated carbocycles. The number of sulfonamides is 1. The van der Waals surface area contributed by atoms with Gasteiger partial charge in [-0.2, -0.15) is 0 Å². The van der Waals surface area contributed by atoms with Gasteiger partial charge in [-0.3, -0.25) is 0 Å². The summed E-state index contributed by atoms with van der Waals surface area (Å²) in [6, 6.07) is 0. The molecule has 0 amide bonds. The van der Waals surface area contributed by atoms with Gasteiger partial charge in [0.2, 0.25) is 10.0 Å². The summed E-state index contributed by atoms with van der Waals surface area (Å²) in [7, 11) is -3.35. The van der Waals surface area contributed by atoms with Crippen molar-refractivity contribution < 1.29 is 13.6 Å². The quantitative estimate of drug-likeness (QED) is 0.480. The topological polar surface area (TPSA) is 66.4 Å². The summed E-state index contributed by atoms with van der Waals surface area (Å²) in [6.45, 7) is 1.43. The average Bonchev–Trinajstić information content (AvgIpc) is 1.68. The van der Waals surface area contributed by atoms with E-state index in [-0.39, 0.29) is 5.75 Å². The maximum atomic E-state index is 10.0. The zero-order valence-electron chi connectivity index (χ0n) is 3.88. The van der Waals surface area contributed by atoms with Gasteiger partial charge in [0.15, 0.2) is 0 Å². The molecule has 0 spiro atoms. The van der Waals surface area contributed by atoms with Crippen LogP contribution in [0.1, 0.15) is 6.92 Å². The highest BCUT2D eigenvalue weighted by Crippen LogP contribution is 1.75. The standard InChI is InChI=1S/C2H7NO3S/c1-2-7(5,6)3-4/h3-4H,2H2,1H3. The minimum atomic E-state index is -3.35. The van der Waals surface area contributed by atoms with Gasteiger partial charge < -0.3 is 5.21 Å². The van der Waals surface area contributed by atoms with Crippen molar-refractivity contribution >= 4 is 10.0 Å². The van der Waals surface area contributed by atoms with E-state index >= 15 is 0 Å². The Kier molecular flexibility index (Phi) is 2.21. The molecular weight excluding hydrogens is 118 g/mol. The van der Waals surface area contributed by atoms with Gasteiger partial charge in [0.1, 0.15) is 0 Å². The number of hydrogen-bond acceptors (Lipinski definition) is 3. The Balaban J connectivity index is 3.89. The molecule has 7 heavy (non-hydrogen) atoms. The molecule has 0 radical (unpaired) electrons. The van der Waals surface area contributed by atoms with Gasteiger partial charge in [0, 0.05) is 0 Å². The lowest BCUT2D eigenvalue weighted by Crippen LogP contribution is -2.20. The third-order valence-electron chi connectivity index (χ3n) is 0.519. The van der Waals surface area contributed by atoms with Gasteiger partial charge in [-0.1, -0.05) is 4.89 Å². The first-order valence-electron chi connectivity index (χ1n) is 1.76. The molecule has 0 aliphatic rings. The van der Waals surface area contributed by atoms with Crippen LogP contribution in [-0.4, -0.2) is 19.4 Å². The van der Waals surface area contributed by atoms with Crippen molar-refractivity contribution in [2.75, 3.05) is 5.75 Å². The van der Waals surface area contributed by atoms with Crippen molar-refractivity contribution in [3.05, 3.63) is 0 Å². The van der Waals surface area contributed by atoms with E-state index in [1.165, 1.54) is 6.92 Å². The lowest BCUT2D eigenvalue weighted by Gasteiger charge is -1.90. The molecule has 0 saturated heterocycles. The van der Waals surface area contributed by atoms with Crippen molar-refractivity contribution in [3.8, 4) is 0 Å². The first kappa shape index (κ1) is 6.87. The van der Waals surface area contributed by atoms with Crippen LogP contribution in [0.3, 0.4) is 0 Å². The molecule has 0 atom stereocenters. The van der Waals surface area contributed by atoms with Crippen LogP contribution in [-0.2, 0) is 10.0 Å². The molecule has 0 heterocycles. The molecule has 0 aromatic rings. The van der Waals surface area contributed by atoms with E-state index < -0.39 is 10.0 Å². The summed E-state index contributed by atoms with van der Waals surface area (Å²) >= 11 is 0. The first-order valence-corrected chi connectivity index (χ1v) is 3.41. The molecular formula is C2H7NO3S. The fourth-order valence-corrected chi connectivity index (χ4v) is 0.194. The van der Waals surface area contributed by atoms with Crippen LogP contribution in [0.2, 0.25) is 0 Å². The van der Waals surface area contributed by atoms with Gasteiger partial charge in [-0.25, -0.2) is 8.42 Å². The Bertz CT molecular complexity index is 116. The number of hydrogen-bond donors (Lipinski definition) is 2. The highest BCUT2D eigenvalue weighted by atomic mass is 32.2. The second-order valence-corrected chi connectivity index (χ2v) is 2.98. The number of nitrogens with one attached hydrogen (secondary N) is 1. The first-order chi connectivity index (χ1) is 3.12. The van der Waals surface area contributed by atoms with E-state index in [9.17, 15) is 8.42 Å². The third kappa shape index (κ3) is 2.55. The summed E-state index contributed by atoms with van der Waals surface area (Å²) in [5.74, 6) is -0.0938. The highest BCUT2D eigenvalue weighted by molar-refractivity contribution is 7.89. The van der Waals surface area contributed by atoms with Crippen molar-refractivity contribution in [3.63, 3.8) is 0 Å². The maximum Gasteiger partial charge on any atom is 0.233 e. The minimum absolute atomic E-state index is 0.0938. The molecule has 0 aromatic carbocycles. The second-order valence-electron chi connectivity index (χ2n) is 0.995. The van der Waals surface area contributed by atoms with Crippen LogP contribution in [0.5, 0.6) is 0 Å². The molecule has 44 valence electrons. The van der Waals surface area contributed by atoms with Gasteiger partial charge in [0.05, 0.1) is 5.75 Å². The summed E-state index contributed by atoms with van der Waals surface area (Å²) in [4.78, 5) is 1.16. The smallest absolute Gasteiger partial charge is 0.233 e. The minimum Gasteiger partial charge on any atom is -0.302 e. The molecule has 0 bridgehead atoms. The lowest BCUT2D eigenvalue weighted by molar-refractivity contribution is 0.243. The molecule has 0 fully saturated rings. The van der Waals surface area contributed by atoms with Gasteiger partial charge in [0.25, 0.3) is 0 Å². The van der Waals surface area contributed by atoms with Crippen LogP contribution in [0, 0.1) is 0 Å². The molecule has 0 unspecified atom stereocenters. The number of rotatable bonds is 2. The van der Waals surface area contributed by atoms with E-state index in [4.69, 9.17) is 5.21 Å². The van der Waals surface area contributed by atoms with Crippen molar-refractivity contribution in [2.45, 2.75) is 6.92 Å². The Morgan fingerprint density at radius 2 is 2.14 bits per heavy atom. The predicted molar refractivity (Wildman–Crippen MR) is 24.4 cm³/mol. The van der Waals surface area contributed by atoms with Gasteiger partial charge in [-0.05, 0) is 6.92 Å². The molecule has 2 N–H and O–H groups in total. The lowest BCUT2D eigenvalue weighted by atomic mass is 11.0. The monoisotopic (exact) mass is 125 g/mol. The zero-order valence-corrected chi connectivity index (χ0v) is 4.70. The fourth-order valence-electron chi connectivity index (χ4n) is 0.0645. The summed E-state index contributed by atoms with van der Waals surface area (Å²) in [5.41, 5.74) is 0. The zero-order chi connectivity index (χ0) is 5.91. The van der Waals surface area contributed by atoms with Gasteiger partial charge in [-0.15, -0.1) is 0 Å². The van der Waals surface area contributed by atoms with Crippen molar-refractivity contribution in [2.24, 2.45) is 0 Å². The van der Waals surface area contributed by atoms with Crippen molar-refractivity contribution in [1.29, 1.82) is 0 Å². The largest absolute Gasteiger partial charge is 0.302 e. The second kappa shape index (κ2) is 2.25. The molecule has 4 nitrogen and oxygen atoms in total. The Hall–Kier alpha value is -0.130. The molecule has 0 rings (SSSR count). The van der Waals surface area contributed by atoms with E-state index in [2.05, 4.69) is 0 Å². The van der Waals surface area contributed by atoms with Crippen LogP contribution in [0.15, 0.2) is 0 Å². The van der Waals surface area contributed by atoms with E-state index in [1.54, 1.807) is 0 Å². The summed E-state index contributed by atoms with van der Waals surface area (Å²) < 4.78 is 20.0. The van der Waals surface area contributed by atoms with Crippen LogP contribution in [0.25, 0.3) is 0 Å². The van der Waals surface area contributed by atoms with Crippen LogP contribution < -0.4 is 4.89 Å². The summed E-state index contributed by atoms with van der Waals surface area (Å²) in [6.07, 6.45) is 0. The van der Waals surface area contributed by atoms with Crippen LogP contribution >= 0.6 is 0 Å². The fraction of sp³-hybridized carbons (Fsp3) is 1.00. The third-order valence-corrected chi connectivity index (χ3v) is 1.56.